The second kappa shape index (κ2) is 4.71. The van der Waals surface area contributed by atoms with E-state index in [1.54, 1.807) is 30.3 Å². The molecule has 0 radical (unpaired) electrons. The molecule has 0 bridgehead atoms. The zero-order valence-corrected chi connectivity index (χ0v) is 10.6. The molecule has 2 aromatic carbocycles. The van der Waals surface area contributed by atoms with E-state index in [4.69, 9.17) is 4.42 Å². The second-order valence-corrected chi connectivity index (χ2v) is 4.37. The van der Waals surface area contributed by atoms with Gasteiger partial charge in [-0.25, -0.2) is 0 Å². The number of furan rings is 1. The molecule has 0 amide bonds. The smallest absolute Gasteiger partial charge is 0.319 e. The average molecular weight is 284 g/mol. The van der Waals surface area contributed by atoms with Crippen molar-refractivity contribution in [1.82, 2.24) is 0 Å². The largest absolute Gasteiger partial charge is 0.449 e. The fraction of sp³-hybridized carbons (Fsp3) is 0. The van der Waals surface area contributed by atoms with Crippen molar-refractivity contribution < 1.29 is 14.3 Å². The third kappa shape index (κ3) is 2.20. The van der Waals surface area contributed by atoms with Gasteiger partial charge >= 0.3 is 5.69 Å². The molecule has 0 aliphatic carbocycles. The summed E-state index contributed by atoms with van der Waals surface area (Å²) >= 11 is 0. The number of hydrogen-bond acceptors (Lipinski definition) is 5. The molecule has 0 saturated heterocycles. The summed E-state index contributed by atoms with van der Waals surface area (Å²) in [6.45, 7) is 0. The lowest BCUT2D eigenvalue weighted by Gasteiger charge is -1.95. The van der Waals surface area contributed by atoms with E-state index in [-0.39, 0.29) is 11.3 Å². The maximum atomic E-state index is 11.1. The lowest BCUT2D eigenvalue weighted by molar-refractivity contribution is -0.393. The Labute approximate surface area is 117 Å². The van der Waals surface area contributed by atoms with E-state index in [1.165, 1.54) is 6.07 Å². The first-order chi connectivity index (χ1) is 10.1. The molecule has 0 spiro atoms. The van der Waals surface area contributed by atoms with Gasteiger partial charge in [-0.1, -0.05) is 30.3 Å². The zero-order chi connectivity index (χ0) is 15.0. The third-order valence-electron chi connectivity index (χ3n) is 3.05. The van der Waals surface area contributed by atoms with Crippen molar-refractivity contribution >= 4 is 22.3 Å². The number of non-ortho nitro benzene ring substituents is 2. The highest BCUT2D eigenvalue weighted by Gasteiger charge is 2.23. The van der Waals surface area contributed by atoms with Crippen LogP contribution in [0.3, 0.4) is 0 Å². The van der Waals surface area contributed by atoms with Crippen LogP contribution in [-0.2, 0) is 0 Å². The lowest BCUT2D eigenvalue weighted by Crippen LogP contribution is -1.92. The minimum absolute atomic E-state index is 0.0319. The van der Waals surface area contributed by atoms with Gasteiger partial charge in [0.25, 0.3) is 5.69 Å². The predicted octanol–water partition coefficient (Wildman–Crippen LogP) is 3.92. The van der Waals surface area contributed by atoms with E-state index in [0.717, 1.165) is 11.6 Å². The molecule has 3 aromatic rings. The van der Waals surface area contributed by atoms with Crippen molar-refractivity contribution in [3.63, 3.8) is 0 Å². The topological polar surface area (TPSA) is 99.4 Å². The molecule has 0 fully saturated rings. The average Bonchev–Trinajstić information content (AvgIpc) is 2.90. The van der Waals surface area contributed by atoms with Crippen molar-refractivity contribution in [3.05, 3.63) is 68.8 Å². The van der Waals surface area contributed by atoms with E-state index < -0.39 is 15.5 Å². The summed E-state index contributed by atoms with van der Waals surface area (Å²) in [5.41, 5.74) is 0.0195. The van der Waals surface area contributed by atoms with E-state index in [2.05, 4.69) is 0 Å². The van der Waals surface area contributed by atoms with Crippen LogP contribution in [0, 0.1) is 20.2 Å². The van der Waals surface area contributed by atoms with E-state index in [0.29, 0.717) is 11.1 Å². The van der Waals surface area contributed by atoms with Crippen LogP contribution >= 0.6 is 0 Å². The Morgan fingerprint density at radius 2 is 1.62 bits per heavy atom. The number of hydrogen-bond donors (Lipinski definition) is 0. The van der Waals surface area contributed by atoms with Gasteiger partial charge in [-0.15, -0.1) is 0 Å². The molecule has 0 N–H and O–H groups in total. The zero-order valence-electron chi connectivity index (χ0n) is 10.6. The molecule has 1 heterocycles. The maximum absolute atomic E-state index is 11.1. The highest BCUT2D eigenvalue weighted by Crippen LogP contribution is 2.36. The van der Waals surface area contributed by atoms with Crippen LogP contribution in [0.1, 0.15) is 0 Å². The molecule has 0 atom stereocenters. The summed E-state index contributed by atoms with van der Waals surface area (Å²) in [5, 5.41) is 22.2. The highest BCUT2D eigenvalue weighted by atomic mass is 16.6. The van der Waals surface area contributed by atoms with Gasteiger partial charge in [0, 0.05) is 17.0 Å². The number of nitro groups is 2. The number of rotatable bonds is 3. The summed E-state index contributed by atoms with van der Waals surface area (Å²) in [7, 11) is 0. The van der Waals surface area contributed by atoms with Crippen molar-refractivity contribution in [1.29, 1.82) is 0 Å². The number of nitrogens with zero attached hydrogens (tertiary/aromatic N) is 2. The van der Waals surface area contributed by atoms with Crippen LogP contribution < -0.4 is 0 Å². The molecular formula is C14H8N2O5. The minimum atomic E-state index is -0.687. The Morgan fingerprint density at radius 1 is 0.905 bits per heavy atom. The van der Waals surface area contributed by atoms with Crippen molar-refractivity contribution in [2.24, 2.45) is 0 Å². The van der Waals surface area contributed by atoms with Crippen LogP contribution in [0.2, 0.25) is 0 Å². The summed E-state index contributed by atoms with van der Waals surface area (Å²) in [6.07, 6.45) is 0. The van der Waals surface area contributed by atoms with Crippen LogP contribution in [-0.4, -0.2) is 9.85 Å². The number of nitro benzene ring substituents is 2. The van der Waals surface area contributed by atoms with Gasteiger partial charge in [0.05, 0.1) is 15.9 Å². The van der Waals surface area contributed by atoms with Crippen molar-refractivity contribution in [2.75, 3.05) is 0 Å². The standard InChI is InChI=1S/C14H8N2O5/c17-15(18)11-6-10-7-13(9-4-2-1-3-5-9)21-14(10)12(8-11)16(19)20/h1-8H. The SMILES string of the molecule is O=[N+]([O-])c1cc([N+](=O)[O-])c2oc(-c3ccccc3)cc2c1. The summed E-state index contributed by atoms with van der Waals surface area (Å²) in [5.74, 6) is 0.425. The lowest BCUT2D eigenvalue weighted by atomic mass is 10.1. The Morgan fingerprint density at radius 3 is 2.24 bits per heavy atom. The van der Waals surface area contributed by atoms with Gasteiger partial charge in [0.15, 0.2) is 0 Å². The Kier molecular flexibility index (Phi) is 2.87. The molecule has 0 saturated carbocycles. The number of fused-ring (bicyclic) bond motifs is 1. The minimum Gasteiger partial charge on any atom is -0.449 e. The fourth-order valence-corrected chi connectivity index (χ4v) is 2.10. The van der Waals surface area contributed by atoms with E-state index >= 15 is 0 Å². The molecule has 0 unspecified atom stereocenters. The molecule has 7 nitrogen and oxygen atoms in total. The molecule has 0 aliphatic heterocycles. The molecule has 1 aromatic heterocycles. The van der Waals surface area contributed by atoms with E-state index in [1.807, 2.05) is 6.07 Å². The molecular weight excluding hydrogens is 276 g/mol. The van der Waals surface area contributed by atoms with Gasteiger partial charge in [-0.05, 0) is 6.07 Å². The Balaban J connectivity index is 2.27. The first kappa shape index (κ1) is 12.8. The monoisotopic (exact) mass is 284 g/mol. The van der Waals surface area contributed by atoms with Crippen molar-refractivity contribution in [3.8, 4) is 11.3 Å². The Bertz CT molecular complexity index is 854. The van der Waals surface area contributed by atoms with Crippen molar-refractivity contribution in [2.45, 2.75) is 0 Å². The summed E-state index contributed by atoms with van der Waals surface area (Å²) in [4.78, 5) is 20.6. The third-order valence-corrected chi connectivity index (χ3v) is 3.05. The highest BCUT2D eigenvalue weighted by molar-refractivity contribution is 5.91. The normalized spacial score (nSPS) is 10.7. The van der Waals surface area contributed by atoms with Gasteiger partial charge in [-0.3, -0.25) is 20.2 Å². The van der Waals surface area contributed by atoms with Gasteiger partial charge in [0.1, 0.15) is 5.76 Å². The van der Waals surface area contributed by atoms with Crippen LogP contribution in [0.4, 0.5) is 11.4 Å². The van der Waals surface area contributed by atoms with Gasteiger partial charge in [0.2, 0.25) is 5.58 Å². The first-order valence-corrected chi connectivity index (χ1v) is 5.98. The summed E-state index contributed by atoms with van der Waals surface area (Å²) < 4.78 is 5.52. The van der Waals surface area contributed by atoms with Crippen LogP contribution in [0.15, 0.2) is 52.9 Å². The first-order valence-electron chi connectivity index (χ1n) is 5.98. The van der Waals surface area contributed by atoms with Gasteiger partial charge < -0.3 is 4.42 Å². The van der Waals surface area contributed by atoms with Crippen LogP contribution in [0.5, 0.6) is 0 Å². The van der Waals surface area contributed by atoms with E-state index in [9.17, 15) is 20.2 Å². The Hall–Kier alpha value is -3.22. The quantitative estimate of drug-likeness (QED) is 0.536. The number of benzene rings is 2. The summed E-state index contributed by atoms with van der Waals surface area (Å²) in [6, 6.07) is 12.7. The predicted molar refractivity (Wildman–Crippen MR) is 75.0 cm³/mol. The second-order valence-electron chi connectivity index (χ2n) is 4.37. The van der Waals surface area contributed by atoms with Gasteiger partial charge in [-0.2, -0.15) is 0 Å². The molecule has 3 rings (SSSR count). The maximum Gasteiger partial charge on any atom is 0.319 e. The fourth-order valence-electron chi connectivity index (χ4n) is 2.10. The molecule has 0 aliphatic rings. The molecule has 21 heavy (non-hydrogen) atoms. The van der Waals surface area contributed by atoms with Crippen LogP contribution in [0.25, 0.3) is 22.3 Å². The molecule has 7 heteroatoms. The molecule has 104 valence electrons.